The highest BCUT2D eigenvalue weighted by Gasteiger charge is 2.21. The molecule has 0 spiro atoms. The van der Waals surface area contributed by atoms with Crippen molar-refractivity contribution in [3.8, 4) is 0 Å². The van der Waals surface area contributed by atoms with E-state index in [2.05, 4.69) is 53.6 Å². The molecule has 3 amide bonds. The van der Waals surface area contributed by atoms with Gasteiger partial charge in [0.15, 0.2) is 0 Å². The molecule has 6 heteroatoms. The normalized spacial score (nSPS) is 14.6. The molecule has 1 fully saturated rings. The monoisotopic (exact) mass is 458 g/mol. The Morgan fingerprint density at radius 3 is 2.26 bits per heavy atom. The second-order valence-corrected chi connectivity index (χ2v) is 8.82. The molecule has 3 aromatic carbocycles. The van der Waals surface area contributed by atoms with E-state index in [1.807, 2.05) is 41.3 Å². The maximum atomic E-state index is 12.9. The third-order valence-corrected chi connectivity index (χ3v) is 6.51. The summed E-state index contributed by atoms with van der Waals surface area (Å²) < 4.78 is 0. The summed E-state index contributed by atoms with van der Waals surface area (Å²) in [5, 5.41) is 8.44. The van der Waals surface area contributed by atoms with Gasteiger partial charge in [0.2, 0.25) is 5.91 Å². The van der Waals surface area contributed by atoms with Crippen molar-refractivity contribution in [1.82, 2.24) is 9.80 Å². The second kappa shape index (κ2) is 11.2. The Labute approximate surface area is 201 Å². The Morgan fingerprint density at radius 1 is 0.794 bits per heavy atom. The van der Waals surface area contributed by atoms with Gasteiger partial charge in [0.1, 0.15) is 0 Å². The summed E-state index contributed by atoms with van der Waals surface area (Å²) in [6.45, 7) is 7.29. The lowest BCUT2D eigenvalue weighted by atomic mass is 10.0. The number of nitrogens with one attached hydrogen (secondary N) is 2. The third kappa shape index (κ3) is 5.75. The zero-order valence-corrected chi connectivity index (χ0v) is 20.1. The molecule has 2 N–H and O–H groups in total. The molecule has 178 valence electrons. The van der Waals surface area contributed by atoms with Crippen LogP contribution in [0.3, 0.4) is 0 Å². The molecular formula is C28H34N4O2. The van der Waals surface area contributed by atoms with Crippen molar-refractivity contribution in [2.24, 2.45) is 0 Å². The smallest absolute Gasteiger partial charge is 0.321 e. The van der Waals surface area contributed by atoms with Crippen molar-refractivity contribution in [2.75, 3.05) is 43.4 Å². The molecule has 0 saturated carbocycles. The molecule has 0 aromatic heterocycles. The molecule has 1 saturated heterocycles. The van der Waals surface area contributed by atoms with Crippen LogP contribution in [0.2, 0.25) is 0 Å². The Morgan fingerprint density at radius 2 is 1.53 bits per heavy atom. The third-order valence-electron chi connectivity index (χ3n) is 6.51. The predicted molar refractivity (Wildman–Crippen MR) is 139 cm³/mol. The van der Waals surface area contributed by atoms with Gasteiger partial charge in [0.25, 0.3) is 0 Å². The largest absolute Gasteiger partial charge is 0.324 e. The Kier molecular flexibility index (Phi) is 7.80. The van der Waals surface area contributed by atoms with Gasteiger partial charge in [0.05, 0.1) is 6.54 Å². The summed E-state index contributed by atoms with van der Waals surface area (Å²) in [5.74, 6) is 0.00432. The van der Waals surface area contributed by atoms with Crippen LogP contribution in [0, 0.1) is 0 Å². The Balaban J connectivity index is 1.32. The highest BCUT2D eigenvalue weighted by molar-refractivity contribution is 5.94. The fourth-order valence-corrected chi connectivity index (χ4v) is 4.59. The zero-order valence-electron chi connectivity index (χ0n) is 20.1. The molecule has 3 aromatic rings. The Hall–Kier alpha value is -3.38. The summed E-state index contributed by atoms with van der Waals surface area (Å²) in [6, 6.07) is 20.2. The maximum absolute atomic E-state index is 12.9. The van der Waals surface area contributed by atoms with Crippen LogP contribution in [-0.4, -0.2) is 54.5 Å². The summed E-state index contributed by atoms with van der Waals surface area (Å²) in [5.41, 5.74) is 4.09. The molecule has 4 rings (SSSR count). The van der Waals surface area contributed by atoms with Gasteiger partial charge in [0, 0.05) is 37.6 Å². The summed E-state index contributed by atoms with van der Waals surface area (Å²) >= 11 is 0. The van der Waals surface area contributed by atoms with Gasteiger partial charge in [-0.3, -0.25) is 9.69 Å². The predicted octanol–water partition coefficient (Wildman–Crippen LogP) is 5.14. The van der Waals surface area contributed by atoms with Crippen LogP contribution in [-0.2, 0) is 17.6 Å². The minimum Gasteiger partial charge on any atom is -0.324 e. The van der Waals surface area contributed by atoms with E-state index in [0.29, 0.717) is 26.2 Å². The summed E-state index contributed by atoms with van der Waals surface area (Å²) in [7, 11) is 0. The second-order valence-electron chi connectivity index (χ2n) is 8.82. The number of carbonyl (C=O) groups is 2. The number of nitrogens with zero attached hydrogens (tertiary/aromatic N) is 2. The van der Waals surface area contributed by atoms with E-state index in [1.165, 1.54) is 11.1 Å². The molecular weight excluding hydrogens is 424 g/mol. The van der Waals surface area contributed by atoms with Gasteiger partial charge in [-0.25, -0.2) is 4.79 Å². The number of carbonyl (C=O) groups excluding carboxylic acids is 2. The van der Waals surface area contributed by atoms with E-state index in [1.54, 1.807) is 0 Å². The van der Waals surface area contributed by atoms with Crippen LogP contribution < -0.4 is 10.6 Å². The quantitative estimate of drug-likeness (QED) is 0.537. The van der Waals surface area contributed by atoms with Crippen LogP contribution in [0.4, 0.5) is 16.2 Å². The minimum absolute atomic E-state index is 0.00432. The van der Waals surface area contributed by atoms with Crippen LogP contribution in [0.1, 0.15) is 31.4 Å². The number of hydrogen-bond donors (Lipinski definition) is 2. The molecule has 0 bridgehead atoms. The first-order chi connectivity index (χ1) is 16.6. The summed E-state index contributed by atoms with van der Waals surface area (Å²) in [6.07, 6.45) is 2.60. The lowest BCUT2D eigenvalue weighted by molar-refractivity contribution is -0.117. The standard InChI is InChI=1S/C28H34N4O2/c1-3-21-11-7-12-22(4-2)27(21)30-26(33)20-31-15-8-16-32(18-17-31)28(34)29-25-14-13-23-9-5-6-10-24(23)19-25/h5-7,9-14,19H,3-4,8,15-18,20H2,1-2H3,(H,29,34)(H,30,33). The lowest BCUT2D eigenvalue weighted by Gasteiger charge is -2.22. The number of rotatable bonds is 6. The van der Waals surface area contributed by atoms with Gasteiger partial charge >= 0.3 is 6.03 Å². The number of fused-ring (bicyclic) bond motifs is 1. The van der Waals surface area contributed by atoms with Crippen molar-refractivity contribution in [2.45, 2.75) is 33.1 Å². The molecule has 6 nitrogen and oxygen atoms in total. The van der Waals surface area contributed by atoms with E-state index in [0.717, 1.165) is 48.0 Å². The van der Waals surface area contributed by atoms with Gasteiger partial charge < -0.3 is 15.5 Å². The van der Waals surface area contributed by atoms with Crippen molar-refractivity contribution in [3.63, 3.8) is 0 Å². The first kappa shape index (κ1) is 23.8. The van der Waals surface area contributed by atoms with Gasteiger partial charge in [-0.05, 0) is 53.3 Å². The molecule has 1 aliphatic rings. The van der Waals surface area contributed by atoms with Crippen molar-refractivity contribution >= 4 is 34.1 Å². The molecule has 0 aliphatic carbocycles. The number of para-hydroxylation sites is 1. The van der Waals surface area contributed by atoms with Crippen molar-refractivity contribution < 1.29 is 9.59 Å². The van der Waals surface area contributed by atoms with Crippen molar-refractivity contribution in [3.05, 3.63) is 71.8 Å². The van der Waals surface area contributed by atoms with Crippen LogP contribution in [0.5, 0.6) is 0 Å². The first-order valence-electron chi connectivity index (χ1n) is 12.2. The van der Waals surface area contributed by atoms with E-state index < -0.39 is 0 Å². The van der Waals surface area contributed by atoms with Crippen LogP contribution in [0.15, 0.2) is 60.7 Å². The molecule has 0 radical (unpaired) electrons. The lowest BCUT2D eigenvalue weighted by Crippen LogP contribution is -2.39. The fourth-order valence-electron chi connectivity index (χ4n) is 4.59. The topological polar surface area (TPSA) is 64.7 Å². The SMILES string of the molecule is CCc1cccc(CC)c1NC(=O)CN1CCCN(C(=O)Nc2ccc3ccccc3c2)CC1. The highest BCUT2D eigenvalue weighted by Crippen LogP contribution is 2.23. The first-order valence-corrected chi connectivity index (χ1v) is 12.2. The average molecular weight is 459 g/mol. The number of urea groups is 1. The average Bonchev–Trinajstić information content (AvgIpc) is 3.09. The van der Waals surface area contributed by atoms with Crippen LogP contribution in [0.25, 0.3) is 10.8 Å². The van der Waals surface area contributed by atoms with Gasteiger partial charge in [-0.1, -0.05) is 62.4 Å². The van der Waals surface area contributed by atoms with E-state index in [9.17, 15) is 9.59 Å². The van der Waals surface area contributed by atoms with Crippen molar-refractivity contribution in [1.29, 1.82) is 0 Å². The highest BCUT2D eigenvalue weighted by atomic mass is 16.2. The Bertz CT molecular complexity index is 1140. The van der Waals surface area contributed by atoms with E-state index >= 15 is 0 Å². The van der Waals surface area contributed by atoms with Gasteiger partial charge in [-0.2, -0.15) is 0 Å². The zero-order chi connectivity index (χ0) is 23.9. The number of benzene rings is 3. The fraction of sp³-hybridized carbons (Fsp3) is 0.357. The molecule has 1 heterocycles. The molecule has 0 atom stereocenters. The number of hydrogen-bond acceptors (Lipinski definition) is 3. The summed E-state index contributed by atoms with van der Waals surface area (Å²) in [4.78, 5) is 29.7. The minimum atomic E-state index is -0.0916. The molecule has 1 aliphatic heterocycles. The van der Waals surface area contributed by atoms with E-state index in [-0.39, 0.29) is 11.9 Å². The van der Waals surface area contributed by atoms with Crippen LogP contribution >= 0.6 is 0 Å². The molecule has 0 unspecified atom stereocenters. The number of anilines is 2. The number of amides is 3. The van der Waals surface area contributed by atoms with E-state index in [4.69, 9.17) is 0 Å². The maximum Gasteiger partial charge on any atom is 0.321 e. The van der Waals surface area contributed by atoms with Gasteiger partial charge in [-0.15, -0.1) is 0 Å². The molecule has 34 heavy (non-hydrogen) atoms. The number of aryl methyl sites for hydroxylation is 2.